The van der Waals surface area contributed by atoms with Crippen molar-refractivity contribution in [1.82, 2.24) is 0 Å². The molecule has 3 aromatic carbocycles. The van der Waals surface area contributed by atoms with Gasteiger partial charge in [0.2, 0.25) is 0 Å². The van der Waals surface area contributed by atoms with Crippen LogP contribution in [0.15, 0.2) is 82.0 Å². The molecule has 3 rings (SSSR count). The molecule has 0 unspecified atom stereocenters. The van der Waals surface area contributed by atoms with Crippen LogP contribution < -0.4 is 0 Å². The maximum Gasteiger partial charge on any atom is 0.0918 e. The van der Waals surface area contributed by atoms with Crippen LogP contribution in [0.3, 0.4) is 0 Å². The van der Waals surface area contributed by atoms with Crippen LogP contribution >= 0.6 is 11.8 Å². The fourth-order valence-electron chi connectivity index (χ4n) is 2.18. The van der Waals surface area contributed by atoms with E-state index in [1.807, 2.05) is 36.4 Å². The first-order valence-electron chi connectivity index (χ1n) is 6.90. The van der Waals surface area contributed by atoms with Gasteiger partial charge in [0.25, 0.3) is 0 Å². The Balaban J connectivity index is 1.80. The Morgan fingerprint density at radius 3 is 2.50 bits per heavy atom. The Morgan fingerprint density at radius 1 is 0.909 bits per heavy atom. The predicted octanol–water partition coefficient (Wildman–Crippen LogP) is 5.99. The number of nitrogens with zero attached hydrogens (tertiary/aromatic N) is 1. The zero-order valence-electron chi connectivity index (χ0n) is 11.9. The van der Waals surface area contributed by atoms with Crippen molar-refractivity contribution >= 4 is 40.3 Å². The average Bonchev–Trinajstić information content (AvgIpc) is 2.56. The summed E-state index contributed by atoms with van der Waals surface area (Å²) < 4.78 is 0. The summed E-state index contributed by atoms with van der Waals surface area (Å²) in [5, 5.41) is 11.3. The maximum absolute atomic E-state index is 6.90. The van der Waals surface area contributed by atoms with Gasteiger partial charge in [0.1, 0.15) is 0 Å². The van der Waals surface area contributed by atoms with Gasteiger partial charge in [0, 0.05) is 4.90 Å². The summed E-state index contributed by atoms with van der Waals surface area (Å²) in [6.45, 7) is 0. The molecule has 0 aliphatic heterocycles. The number of nitrogens with one attached hydrogen (secondary N) is 1. The van der Waals surface area contributed by atoms with Crippen LogP contribution in [-0.2, 0) is 0 Å². The molecule has 1 N–H and O–H groups in total. The summed E-state index contributed by atoms with van der Waals surface area (Å²) in [5.41, 5.74) is 1.92. The van der Waals surface area contributed by atoms with E-state index in [1.54, 1.807) is 11.8 Å². The molecule has 0 saturated heterocycles. The summed E-state index contributed by atoms with van der Waals surface area (Å²) in [6.07, 6.45) is 2.11. The molecule has 106 valence electrons. The zero-order valence-corrected chi connectivity index (χ0v) is 12.7. The van der Waals surface area contributed by atoms with Crippen molar-refractivity contribution in [1.29, 1.82) is 5.41 Å². The van der Waals surface area contributed by atoms with Crippen molar-refractivity contribution in [3.8, 4) is 0 Å². The topological polar surface area (TPSA) is 36.2 Å². The van der Waals surface area contributed by atoms with E-state index in [1.165, 1.54) is 10.5 Å². The van der Waals surface area contributed by atoms with Gasteiger partial charge in [0.05, 0.1) is 11.7 Å². The molecule has 3 heteroatoms. The van der Waals surface area contributed by atoms with Gasteiger partial charge in [-0.15, -0.1) is 0 Å². The molecule has 0 heterocycles. The van der Waals surface area contributed by atoms with Gasteiger partial charge >= 0.3 is 0 Å². The van der Waals surface area contributed by atoms with E-state index in [2.05, 4.69) is 52.8 Å². The lowest BCUT2D eigenvalue weighted by molar-refractivity contribution is 1.47. The number of aliphatic imine (C=N–C) groups is 1. The van der Waals surface area contributed by atoms with Crippen LogP contribution in [0, 0.1) is 5.41 Å². The molecule has 0 aliphatic rings. The minimum Gasteiger partial charge on any atom is -0.241 e. The van der Waals surface area contributed by atoms with Gasteiger partial charge in [-0.2, -0.15) is 4.99 Å². The second-order valence-corrected chi connectivity index (χ2v) is 5.73. The van der Waals surface area contributed by atoms with E-state index < -0.39 is 0 Å². The second-order valence-electron chi connectivity index (χ2n) is 4.75. The van der Waals surface area contributed by atoms with Crippen LogP contribution in [0.4, 0.5) is 5.69 Å². The summed E-state index contributed by atoms with van der Waals surface area (Å²) in [7, 11) is 0. The third kappa shape index (κ3) is 3.53. The molecular formula is C19H14N2S. The second kappa shape index (κ2) is 6.90. The number of benzene rings is 3. The summed E-state index contributed by atoms with van der Waals surface area (Å²) >= 11 is 1.71. The van der Waals surface area contributed by atoms with Crippen molar-refractivity contribution in [2.75, 3.05) is 0 Å². The van der Waals surface area contributed by atoms with Gasteiger partial charge in [-0.05, 0) is 58.2 Å². The highest BCUT2D eigenvalue weighted by atomic mass is 32.2. The number of thioether (sulfide) groups is 1. The van der Waals surface area contributed by atoms with Gasteiger partial charge in [-0.1, -0.05) is 48.2 Å². The highest BCUT2D eigenvalue weighted by Crippen LogP contribution is 2.24. The van der Waals surface area contributed by atoms with E-state index in [0.29, 0.717) is 0 Å². The molecule has 0 aromatic heterocycles. The molecule has 0 amide bonds. The third-order valence-electron chi connectivity index (χ3n) is 3.24. The first kappa shape index (κ1) is 14.3. The lowest BCUT2D eigenvalue weighted by Crippen LogP contribution is -1.76. The Hall–Kier alpha value is -2.61. The number of hydrogen-bond acceptors (Lipinski definition) is 3. The van der Waals surface area contributed by atoms with Crippen molar-refractivity contribution in [3.63, 3.8) is 0 Å². The van der Waals surface area contributed by atoms with Crippen LogP contribution in [0.25, 0.3) is 16.8 Å². The van der Waals surface area contributed by atoms with Gasteiger partial charge in [-0.3, -0.25) is 0 Å². The van der Waals surface area contributed by atoms with Crippen molar-refractivity contribution in [3.05, 3.63) is 77.7 Å². The zero-order chi connectivity index (χ0) is 15.2. The molecule has 0 atom stereocenters. The molecule has 0 fully saturated rings. The van der Waals surface area contributed by atoms with Crippen LogP contribution in [0.1, 0.15) is 5.56 Å². The number of rotatable bonds is 4. The van der Waals surface area contributed by atoms with E-state index in [4.69, 9.17) is 5.41 Å². The van der Waals surface area contributed by atoms with E-state index in [-0.39, 0.29) is 0 Å². The van der Waals surface area contributed by atoms with Crippen LogP contribution in [0.5, 0.6) is 0 Å². The number of fused-ring (bicyclic) bond motifs is 1. The molecule has 0 spiro atoms. The number of hydrogen-bond donors (Lipinski definition) is 1. The monoisotopic (exact) mass is 302 g/mol. The molecule has 0 aliphatic carbocycles. The van der Waals surface area contributed by atoms with Gasteiger partial charge < -0.3 is 0 Å². The fourth-order valence-corrected chi connectivity index (χ4v) is 2.88. The first-order chi connectivity index (χ1) is 10.8. The SMILES string of the molecule is N=C=Nc1ccc2cc(/C=C/Sc3ccccc3)ccc2c1. The van der Waals surface area contributed by atoms with Crippen LogP contribution in [-0.4, -0.2) is 6.01 Å². The van der Waals surface area contributed by atoms with E-state index in [9.17, 15) is 0 Å². The maximum atomic E-state index is 6.90. The van der Waals surface area contributed by atoms with Crippen molar-refractivity contribution in [2.45, 2.75) is 4.90 Å². The minimum absolute atomic E-state index is 0.755. The Bertz CT molecular complexity index is 863. The molecule has 0 bridgehead atoms. The van der Waals surface area contributed by atoms with Crippen molar-refractivity contribution in [2.24, 2.45) is 4.99 Å². The Labute approximate surface area is 133 Å². The fraction of sp³-hybridized carbons (Fsp3) is 0. The van der Waals surface area contributed by atoms with Gasteiger partial charge in [-0.25, -0.2) is 5.41 Å². The first-order valence-corrected chi connectivity index (χ1v) is 7.78. The lowest BCUT2D eigenvalue weighted by atomic mass is 10.1. The predicted molar refractivity (Wildman–Crippen MR) is 95.1 cm³/mol. The molecule has 2 nitrogen and oxygen atoms in total. The van der Waals surface area contributed by atoms with Crippen LogP contribution in [0.2, 0.25) is 0 Å². The Kier molecular flexibility index (Phi) is 4.50. The quantitative estimate of drug-likeness (QED) is 0.466. The standard InChI is InChI=1S/C19H14N2S/c20-14-21-18-9-8-16-12-15(6-7-17(16)13-18)10-11-22-19-4-2-1-3-5-19/h1-13,20H/b11-10+. The summed E-state index contributed by atoms with van der Waals surface area (Å²) in [5.74, 6) is 0. The lowest BCUT2D eigenvalue weighted by Gasteiger charge is -2.01. The highest BCUT2D eigenvalue weighted by molar-refractivity contribution is 8.02. The molecule has 0 saturated carbocycles. The van der Waals surface area contributed by atoms with Gasteiger partial charge in [0.15, 0.2) is 0 Å². The van der Waals surface area contributed by atoms with E-state index >= 15 is 0 Å². The third-order valence-corrected chi connectivity index (χ3v) is 4.06. The molecule has 3 aromatic rings. The normalized spacial score (nSPS) is 10.7. The minimum atomic E-state index is 0.755. The molecular weight excluding hydrogens is 288 g/mol. The molecule has 0 radical (unpaired) electrons. The molecule has 22 heavy (non-hydrogen) atoms. The average molecular weight is 302 g/mol. The largest absolute Gasteiger partial charge is 0.241 e. The van der Waals surface area contributed by atoms with Crippen molar-refractivity contribution < 1.29 is 0 Å². The Morgan fingerprint density at radius 2 is 1.68 bits per heavy atom. The summed E-state index contributed by atoms with van der Waals surface area (Å²) in [4.78, 5) is 5.09. The summed E-state index contributed by atoms with van der Waals surface area (Å²) in [6, 6.07) is 24.6. The van der Waals surface area contributed by atoms with E-state index in [0.717, 1.165) is 16.5 Å². The smallest absolute Gasteiger partial charge is 0.0918 e. The highest BCUT2D eigenvalue weighted by Gasteiger charge is 1.97.